The van der Waals surface area contributed by atoms with Gasteiger partial charge in [0, 0.05) is 0 Å². The van der Waals surface area contributed by atoms with Gasteiger partial charge in [0.15, 0.2) is 11.6 Å². The van der Waals surface area contributed by atoms with Gasteiger partial charge in [0.1, 0.15) is 0 Å². The maximum absolute atomic E-state index is 12.9. The molecule has 1 unspecified atom stereocenters. The fraction of sp³-hybridized carbons (Fsp3) is 0.125. The Morgan fingerprint density at radius 3 is 2.43 bits per heavy atom. The molecular formula is C8H5F3O3. The molecule has 0 aliphatic rings. The van der Waals surface area contributed by atoms with Crippen molar-refractivity contribution in [2.75, 3.05) is 0 Å². The van der Waals surface area contributed by atoms with Gasteiger partial charge >= 0.3 is 11.8 Å². The van der Waals surface area contributed by atoms with E-state index in [1.165, 1.54) is 0 Å². The first-order valence-corrected chi connectivity index (χ1v) is 3.46. The Balaban J connectivity index is 3.33. The molecule has 14 heavy (non-hydrogen) atoms. The van der Waals surface area contributed by atoms with Crippen LogP contribution in [0, 0.1) is 11.6 Å². The molecule has 0 amide bonds. The zero-order valence-electron chi connectivity index (χ0n) is 6.67. The summed E-state index contributed by atoms with van der Waals surface area (Å²) in [4.78, 5) is 10.2. The molecule has 1 aromatic carbocycles. The summed E-state index contributed by atoms with van der Waals surface area (Å²) in [5, 5.41) is 16.9. The second-order valence-corrected chi connectivity index (χ2v) is 2.53. The van der Waals surface area contributed by atoms with E-state index >= 15 is 0 Å². The van der Waals surface area contributed by atoms with E-state index in [1.54, 1.807) is 0 Å². The van der Waals surface area contributed by atoms with Crippen molar-refractivity contribution in [3.8, 4) is 0 Å². The second kappa shape index (κ2) is 3.30. The van der Waals surface area contributed by atoms with E-state index in [0.29, 0.717) is 12.1 Å². The van der Waals surface area contributed by atoms with Crippen LogP contribution >= 0.6 is 0 Å². The minimum atomic E-state index is -3.92. The first-order chi connectivity index (χ1) is 6.37. The Hall–Kier alpha value is -1.56. The summed E-state index contributed by atoms with van der Waals surface area (Å²) >= 11 is 0. The smallest absolute Gasteiger partial charge is 0.374 e. The minimum Gasteiger partial charge on any atom is -0.477 e. The van der Waals surface area contributed by atoms with E-state index in [0.717, 1.165) is 6.07 Å². The molecule has 1 aromatic rings. The average molecular weight is 206 g/mol. The van der Waals surface area contributed by atoms with Crippen LogP contribution in [-0.2, 0) is 10.6 Å². The van der Waals surface area contributed by atoms with Gasteiger partial charge in [-0.2, -0.15) is 4.39 Å². The fourth-order valence-electron chi connectivity index (χ4n) is 0.875. The number of aliphatic carboxylic acids is 1. The van der Waals surface area contributed by atoms with Gasteiger partial charge in [0.2, 0.25) is 0 Å². The van der Waals surface area contributed by atoms with Crippen LogP contribution in [0.3, 0.4) is 0 Å². The van der Waals surface area contributed by atoms with E-state index in [1.807, 2.05) is 0 Å². The summed E-state index contributed by atoms with van der Waals surface area (Å²) in [6.45, 7) is 0. The Kier molecular flexibility index (Phi) is 2.48. The van der Waals surface area contributed by atoms with E-state index < -0.39 is 29.0 Å². The van der Waals surface area contributed by atoms with Crippen LogP contribution in [0.5, 0.6) is 0 Å². The molecule has 0 radical (unpaired) electrons. The van der Waals surface area contributed by atoms with E-state index in [2.05, 4.69) is 0 Å². The van der Waals surface area contributed by atoms with Crippen molar-refractivity contribution in [3.63, 3.8) is 0 Å². The fourth-order valence-corrected chi connectivity index (χ4v) is 0.875. The van der Waals surface area contributed by atoms with Crippen LogP contribution in [0.15, 0.2) is 18.2 Å². The standard InChI is InChI=1S/C8H5F3O3/c9-5-3-1-2-4(6(5)10)8(11,14)7(12)13/h1-3,14H,(H,12,13). The molecule has 1 rings (SSSR count). The van der Waals surface area contributed by atoms with Gasteiger partial charge < -0.3 is 10.2 Å². The summed E-state index contributed by atoms with van der Waals surface area (Å²) < 4.78 is 38.3. The molecule has 0 fully saturated rings. The van der Waals surface area contributed by atoms with Crippen molar-refractivity contribution >= 4 is 5.97 Å². The number of carboxylic acid groups (broad SMARTS) is 1. The second-order valence-electron chi connectivity index (χ2n) is 2.53. The van der Waals surface area contributed by atoms with Crippen molar-refractivity contribution in [2.24, 2.45) is 0 Å². The maximum atomic E-state index is 12.9. The summed E-state index contributed by atoms with van der Waals surface area (Å²) in [6, 6.07) is 2.21. The van der Waals surface area contributed by atoms with Crippen molar-refractivity contribution in [1.29, 1.82) is 0 Å². The van der Waals surface area contributed by atoms with E-state index in [4.69, 9.17) is 10.2 Å². The number of aliphatic hydroxyl groups is 1. The van der Waals surface area contributed by atoms with Gasteiger partial charge in [-0.15, -0.1) is 0 Å². The lowest BCUT2D eigenvalue weighted by atomic mass is 10.1. The molecule has 0 aliphatic heterocycles. The minimum absolute atomic E-state index is 0.645. The lowest BCUT2D eigenvalue weighted by Crippen LogP contribution is -2.31. The molecule has 6 heteroatoms. The van der Waals surface area contributed by atoms with Crippen LogP contribution < -0.4 is 0 Å². The Morgan fingerprint density at radius 1 is 1.36 bits per heavy atom. The third-order valence-electron chi connectivity index (χ3n) is 1.59. The first-order valence-electron chi connectivity index (χ1n) is 3.46. The largest absolute Gasteiger partial charge is 0.477 e. The first kappa shape index (κ1) is 10.5. The highest BCUT2D eigenvalue weighted by Crippen LogP contribution is 2.26. The zero-order valence-corrected chi connectivity index (χ0v) is 6.67. The Labute approximate surface area is 76.4 Å². The number of halogens is 3. The normalized spacial score (nSPS) is 14.9. The summed E-state index contributed by atoms with van der Waals surface area (Å²) in [6.07, 6.45) is 0. The van der Waals surface area contributed by atoms with Gasteiger partial charge in [-0.1, -0.05) is 6.07 Å². The molecule has 2 N–H and O–H groups in total. The highest BCUT2D eigenvalue weighted by atomic mass is 19.2. The molecule has 0 saturated heterocycles. The summed E-state index contributed by atoms with van der Waals surface area (Å²) in [5.74, 6) is -9.38. The molecular weight excluding hydrogens is 201 g/mol. The van der Waals surface area contributed by atoms with Gasteiger partial charge in [-0.3, -0.25) is 0 Å². The third kappa shape index (κ3) is 1.56. The van der Waals surface area contributed by atoms with Crippen LogP contribution in [0.2, 0.25) is 0 Å². The highest BCUT2D eigenvalue weighted by molar-refractivity contribution is 5.77. The lowest BCUT2D eigenvalue weighted by Gasteiger charge is -2.14. The van der Waals surface area contributed by atoms with Crippen LogP contribution in [0.25, 0.3) is 0 Å². The number of hydrogen-bond acceptors (Lipinski definition) is 2. The number of rotatable bonds is 2. The zero-order chi connectivity index (χ0) is 10.9. The predicted octanol–water partition coefficient (Wildman–Crippen LogP) is 1.16. The highest BCUT2D eigenvalue weighted by Gasteiger charge is 2.41. The van der Waals surface area contributed by atoms with E-state index in [9.17, 15) is 18.0 Å². The van der Waals surface area contributed by atoms with Crippen LogP contribution in [0.1, 0.15) is 5.56 Å². The monoisotopic (exact) mass is 206 g/mol. The van der Waals surface area contributed by atoms with Crippen LogP contribution in [0.4, 0.5) is 13.2 Å². The molecule has 0 spiro atoms. The van der Waals surface area contributed by atoms with Gasteiger partial charge in [0.25, 0.3) is 0 Å². The molecule has 0 aliphatic carbocycles. The molecule has 0 bridgehead atoms. The number of benzene rings is 1. The SMILES string of the molecule is O=C(O)C(O)(F)c1cccc(F)c1F. The van der Waals surface area contributed by atoms with Gasteiger partial charge in [0.05, 0.1) is 5.56 Å². The van der Waals surface area contributed by atoms with Crippen molar-refractivity contribution in [3.05, 3.63) is 35.4 Å². The average Bonchev–Trinajstić information content (AvgIpc) is 2.09. The molecule has 3 nitrogen and oxygen atoms in total. The number of carboxylic acids is 1. The summed E-state index contributed by atoms with van der Waals surface area (Å²) in [7, 11) is 0. The van der Waals surface area contributed by atoms with Gasteiger partial charge in [-0.05, 0) is 12.1 Å². The number of alkyl halides is 1. The van der Waals surface area contributed by atoms with Gasteiger partial charge in [-0.25, -0.2) is 13.6 Å². The van der Waals surface area contributed by atoms with E-state index in [-0.39, 0.29) is 0 Å². The van der Waals surface area contributed by atoms with Crippen molar-refractivity contribution in [2.45, 2.75) is 5.85 Å². The molecule has 1 atom stereocenters. The molecule has 0 saturated carbocycles. The predicted molar refractivity (Wildman–Crippen MR) is 39.0 cm³/mol. The number of carbonyl (C=O) groups is 1. The Bertz CT molecular complexity index is 376. The third-order valence-corrected chi connectivity index (χ3v) is 1.59. The topological polar surface area (TPSA) is 57.5 Å². The quantitative estimate of drug-likeness (QED) is 0.763. The van der Waals surface area contributed by atoms with Crippen molar-refractivity contribution < 1.29 is 28.2 Å². The molecule has 0 heterocycles. The van der Waals surface area contributed by atoms with Crippen molar-refractivity contribution in [1.82, 2.24) is 0 Å². The molecule has 76 valence electrons. The molecule has 0 aromatic heterocycles. The Morgan fingerprint density at radius 2 is 1.93 bits per heavy atom. The van der Waals surface area contributed by atoms with Crippen LogP contribution in [-0.4, -0.2) is 16.2 Å². The lowest BCUT2D eigenvalue weighted by molar-refractivity contribution is -0.183. The maximum Gasteiger partial charge on any atom is 0.374 e. The summed E-state index contributed by atoms with van der Waals surface area (Å²) in [5.41, 5.74) is -1.26. The number of hydrogen-bond donors (Lipinski definition) is 2.